The molecule has 0 atom stereocenters. The molecule has 0 spiro atoms. The van der Waals surface area contributed by atoms with Crippen LogP contribution < -0.4 is 10.1 Å². The van der Waals surface area contributed by atoms with Crippen LogP contribution in [0.4, 0.5) is 5.69 Å². The van der Waals surface area contributed by atoms with Crippen molar-refractivity contribution >= 4 is 34.7 Å². The van der Waals surface area contributed by atoms with Crippen molar-refractivity contribution in [3.8, 4) is 5.75 Å². The van der Waals surface area contributed by atoms with Crippen LogP contribution in [0.5, 0.6) is 5.75 Å². The van der Waals surface area contributed by atoms with E-state index in [1.165, 1.54) is 0 Å². The number of carbonyl (C=O) groups is 1. The molecule has 1 aliphatic heterocycles. The predicted octanol–water partition coefficient (Wildman–Crippen LogP) is 2.66. The number of rotatable bonds is 3. The fraction of sp³-hybridized carbons (Fsp3) is 0.250. The van der Waals surface area contributed by atoms with Crippen LogP contribution in [0.15, 0.2) is 18.2 Å². The van der Waals surface area contributed by atoms with E-state index in [1.54, 1.807) is 0 Å². The number of fused-ring (bicyclic) bond motifs is 1. The Morgan fingerprint density at radius 3 is 3.11 bits per heavy atom. The lowest BCUT2D eigenvalue weighted by Crippen LogP contribution is -2.18. The molecule has 1 aromatic carbocycles. The molecule has 0 fully saturated rings. The van der Waals surface area contributed by atoms with Gasteiger partial charge in [0.05, 0.1) is 0 Å². The summed E-state index contributed by atoms with van der Waals surface area (Å²) in [6.07, 6.45) is 1.25. The van der Waals surface area contributed by atoms with E-state index in [1.807, 2.05) is 18.2 Å². The minimum Gasteiger partial charge on any atom is -0.487 e. The van der Waals surface area contributed by atoms with Crippen molar-refractivity contribution in [1.82, 2.24) is 9.59 Å². The molecule has 0 unspecified atom stereocenters. The number of aromatic nitrogens is 2. The highest BCUT2D eigenvalue weighted by Crippen LogP contribution is 2.27. The first-order chi connectivity index (χ1) is 9.22. The maximum absolute atomic E-state index is 11.3. The van der Waals surface area contributed by atoms with Crippen LogP contribution in [0, 0.1) is 0 Å². The third-order valence-electron chi connectivity index (χ3n) is 2.86. The number of aryl methyl sites for hydroxylation is 1. The van der Waals surface area contributed by atoms with Gasteiger partial charge in [-0.25, -0.2) is 0 Å². The Morgan fingerprint density at radius 1 is 1.42 bits per heavy atom. The highest BCUT2D eigenvalue weighted by molar-refractivity contribution is 7.10. The third-order valence-corrected chi connectivity index (χ3v) is 3.84. The van der Waals surface area contributed by atoms with Crippen LogP contribution >= 0.6 is 23.1 Å². The summed E-state index contributed by atoms with van der Waals surface area (Å²) in [5.74, 6) is 0.792. The molecule has 1 aromatic heterocycles. The second-order valence-electron chi connectivity index (χ2n) is 4.15. The summed E-state index contributed by atoms with van der Waals surface area (Å²) in [6.45, 7) is 0.292. The number of hydrogen-bond donors (Lipinski definition) is 1. The Kier molecular flexibility index (Phi) is 3.35. The molecule has 2 aromatic rings. The number of anilines is 1. The van der Waals surface area contributed by atoms with Crippen LogP contribution in [-0.4, -0.2) is 15.5 Å². The first-order valence-corrected chi connectivity index (χ1v) is 6.90. The summed E-state index contributed by atoms with van der Waals surface area (Å²) in [4.78, 5) is 11.3. The molecule has 0 saturated carbocycles. The topological polar surface area (TPSA) is 64.1 Å². The summed E-state index contributed by atoms with van der Waals surface area (Å²) in [6, 6.07) is 5.60. The SMILES string of the molecule is O=C1CCc2cc(OCc3nnsc3Cl)ccc2N1. The van der Waals surface area contributed by atoms with Crippen molar-refractivity contribution in [2.24, 2.45) is 0 Å². The predicted molar refractivity (Wildman–Crippen MR) is 72.6 cm³/mol. The molecule has 3 rings (SSSR count). The second kappa shape index (κ2) is 5.14. The quantitative estimate of drug-likeness (QED) is 0.945. The van der Waals surface area contributed by atoms with Crippen molar-refractivity contribution in [3.05, 3.63) is 33.8 Å². The van der Waals surface area contributed by atoms with Crippen molar-refractivity contribution in [2.75, 3.05) is 5.32 Å². The number of hydrogen-bond acceptors (Lipinski definition) is 5. The molecule has 7 heteroatoms. The van der Waals surface area contributed by atoms with Crippen molar-refractivity contribution < 1.29 is 9.53 Å². The number of ether oxygens (including phenoxy) is 1. The van der Waals surface area contributed by atoms with Gasteiger partial charge < -0.3 is 10.1 Å². The third kappa shape index (κ3) is 2.69. The number of benzene rings is 1. The molecule has 1 aliphatic rings. The van der Waals surface area contributed by atoms with Gasteiger partial charge in [0, 0.05) is 23.6 Å². The largest absolute Gasteiger partial charge is 0.487 e. The van der Waals surface area contributed by atoms with E-state index in [0.29, 0.717) is 23.1 Å². The standard InChI is InChI=1S/C12H10ClN3O2S/c13-12-10(15-16-19-12)6-18-8-2-3-9-7(5-8)1-4-11(17)14-9/h2-3,5H,1,4,6H2,(H,14,17). The number of nitrogens with one attached hydrogen (secondary N) is 1. The average molecular weight is 296 g/mol. The molecule has 98 valence electrons. The smallest absolute Gasteiger partial charge is 0.224 e. The first-order valence-electron chi connectivity index (χ1n) is 5.74. The Balaban J connectivity index is 1.72. The highest BCUT2D eigenvalue weighted by atomic mass is 35.5. The highest BCUT2D eigenvalue weighted by Gasteiger charge is 2.15. The van der Waals surface area contributed by atoms with Gasteiger partial charge in [0.15, 0.2) is 0 Å². The van der Waals surface area contributed by atoms with E-state index < -0.39 is 0 Å². The fourth-order valence-corrected chi connectivity index (χ4v) is 2.49. The van der Waals surface area contributed by atoms with E-state index >= 15 is 0 Å². The van der Waals surface area contributed by atoms with Gasteiger partial charge in [-0.1, -0.05) is 16.1 Å². The maximum Gasteiger partial charge on any atom is 0.224 e. The van der Waals surface area contributed by atoms with Gasteiger partial charge in [-0.05, 0) is 30.2 Å². The molecule has 19 heavy (non-hydrogen) atoms. The lowest BCUT2D eigenvalue weighted by molar-refractivity contribution is -0.116. The normalized spacial score (nSPS) is 13.8. The Hall–Kier alpha value is -1.66. The van der Waals surface area contributed by atoms with Crippen LogP contribution in [0.3, 0.4) is 0 Å². The van der Waals surface area contributed by atoms with E-state index in [-0.39, 0.29) is 5.91 Å². The van der Waals surface area contributed by atoms with Gasteiger partial charge in [0.1, 0.15) is 22.4 Å². The lowest BCUT2D eigenvalue weighted by Gasteiger charge is -2.17. The molecule has 0 aliphatic carbocycles. The van der Waals surface area contributed by atoms with Gasteiger partial charge in [-0.15, -0.1) is 5.10 Å². The van der Waals surface area contributed by atoms with Crippen LogP contribution in [0.25, 0.3) is 0 Å². The summed E-state index contributed by atoms with van der Waals surface area (Å²) >= 11 is 7.04. The molecule has 1 amide bonds. The fourth-order valence-electron chi connectivity index (χ4n) is 1.88. The molecular formula is C12H10ClN3O2S. The zero-order chi connectivity index (χ0) is 13.2. The van der Waals surface area contributed by atoms with Crippen LogP contribution in [-0.2, 0) is 17.8 Å². The lowest BCUT2D eigenvalue weighted by atomic mass is 10.0. The minimum atomic E-state index is 0.0569. The molecule has 0 saturated heterocycles. The van der Waals surface area contributed by atoms with Crippen LogP contribution in [0.2, 0.25) is 4.34 Å². The zero-order valence-corrected chi connectivity index (χ0v) is 11.4. The molecule has 5 nitrogen and oxygen atoms in total. The minimum absolute atomic E-state index is 0.0569. The summed E-state index contributed by atoms with van der Waals surface area (Å²) in [7, 11) is 0. The molecular weight excluding hydrogens is 286 g/mol. The molecule has 2 heterocycles. The van der Waals surface area contributed by atoms with Gasteiger partial charge in [-0.3, -0.25) is 4.79 Å². The molecule has 0 radical (unpaired) electrons. The van der Waals surface area contributed by atoms with E-state index in [9.17, 15) is 4.79 Å². The van der Waals surface area contributed by atoms with Crippen LogP contribution in [0.1, 0.15) is 17.7 Å². The number of carbonyl (C=O) groups excluding carboxylic acids is 1. The van der Waals surface area contributed by atoms with Gasteiger partial charge in [0.2, 0.25) is 5.91 Å². The van der Waals surface area contributed by atoms with Gasteiger partial charge >= 0.3 is 0 Å². The summed E-state index contributed by atoms with van der Waals surface area (Å²) in [5, 5.41) is 6.71. The van der Waals surface area contributed by atoms with E-state index in [4.69, 9.17) is 16.3 Å². The Labute approximate surface area is 118 Å². The monoisotopic (exact) mass is 295 g/mol. The molecule has 0 bridgehead atoms. The van der Waals surface area contributed by atoms with E-state index in [0.717, 1.165) is 35.0 Å². The molecule has 1 N–H and O–H groups in total. The summed E-state index contributed by atoms with van der Waals surface area (Å²) in [5.41, 5.74) is 2.58. The Morgan fingerprint density at radius 2 is 2.32 bits per heavy atom. The van der Waals surface area contributed by atoms with Crippen molar-refractivity contribution in [3.63, 3.8) is 0 Å². The summed E-state index contributed by atoms with van der Waals surface area (Å²) < 4.78 is 9.92. The number of nitrogens with zero attached hydrogens (tertiary/aromatic N) is 2. The number of amides is 1. The average Bonchev–Trinajstić information content (AvgIpc) is 2.82. The number of halogens is 1. The van der Waals surface area contributed by atoms with Crippen molar-refractivity contribution in [2.45, 2.75) is 19.4 Å². The first kappa shape index (κ1) is 12.4. The van der Waals surface area contributed by atoms with Crippen molar-refractivity contribution in [1.29, 1.82) is 0 Å². The Bertz CT molecular complexity index is 629. The second-order valence-corrected chi connectivity index (χ2v) is 5.51. The van der Waals surface area contributed by atoms with Gasteiger partial charge in [0.25, 0.3) is 0 Å². The maximum atomic E-state index is 11.3. The van der Waals surface area contributed by atoms with Gasteiger partial charge in [-0.2, -0.15) is 0 Å². The van der Waals surface area contributed by atoms with E-state index in [2.05, 4.69) is 14.9 Å². The zero-order valence-electron chi connectivity index (χ0n) is 9.85.